The minimum absolute atomic E-state index is 0.0677. The monoisotopic (exact) mass is 761 g/mol. The van der Waals surface area contributed by atoms with Crippen molar-refractivity contribution < 1.29 is 23.9 Å². The van der Waals surface area contributed by atoms with Gasteiger partial charge in [-0.15, -0.1) is 0 Å². The third-order valence-corrected chi connectivity index (χ3v) is 9.94. The van der Waals surface area contributed by atoms with Crippen molar-refractivity contribution in [2.75, 3.05) is 20.2 Å². The van der Waals surface area contributed by atoms with E-state index in [-0.39, 0.29) is 23.8 Å². The van der Waals surface area contributed by atoms with E-state index < -0.39 is 29.8 Å². The van der Waals surface area contributed by atoms with Crippen LogP contribution in [0.15, 0.2) is 66.7 Å². The van der Waals surface area contributed by atoms with Crippen molar-refractivity contribution in [2.24, 2.45) is 17.6 Å². The first-order chi connectivity index (χ1) is 26.4. The van der Waals surface area contributed by atoms with E-state index in [0.717, 1.165) is 23.4 Å². The predicted octanol–water partition coefficient (Wildman–Crippen LogP) is 6.44. The highest BCUT2D eigenvalue weighted by molar-refractivity contribution is 5.99. The average Bonchev–Trinajstić information content (AvgIpc) is 3.18. The zero-order chi connectivity index (χ0) is 41.0. The third kappa shape index (κ3) is 15.7. The molecule has 1 aromatic heterocycles. The van der Waals surface area contributed by atoms with Gasteiger partial charge in [0.1, 0.15) is 11.7 Å². The summed E-state index contributed by atoms with van der Waals surface area (Å²) in [6.45, 7) is 17.8. The minimum Gasteiger partial charge on any atom is -0.378 e. The summed E-state index contributed by atoms with van der Waals surface area (Å²) in [6, 6.07) is 19.7. The number of methoxy groups -OCH3 is 1. The molecular formula is C44H68N6O5. The number of fused-ring (bicyclic) bond motifs is 2. The number of primary amides is 1. The van der Waals surface area contributed by atoms with E-state index in [2.05, 4.69) is 32.8 Å². The lowest BCUT2D eigenvalue weighted by molar-refractivity contribution is -0.128. The van der Waals surface area contributed by atoms with E-state index in [0.29, 0.717) is 36.9 Å². The number of carbonyl (C=O) groups is 4. The molecule has 2 heterocycles. The quantitative estimate of drug-likeness (QED) is 0.146. The lowest BCUT2D eigenvalue weighted by Gasteiger charge is -2.46. The molecule has 55 heavy (non-hydrogen) atoms. The van der Waals surface area contributed by atoms with Gasteiger partial charge in [0, 0.05) is 37.2 Å². The van der Waals surface area contributed by atoms with E-state index in [1.165, 1.54) is 32.1 Å². The summed E-state index contributed by atoms with van der Waals surface area (Å²) in [5, 5.41) is 9.34. The zero-order valence-electron chi connectivity index (χ0n) is 34.8. The molecule has 1 saturated heterocycles. The van der Waals surface area contributed by atoms with E-state index in [1.807, 2.05) is 103 Å². The van der Waals surface area contributed by atoms with Gasteiger partial charge in [0.05, 0.1) is 24.1 Å². The molecule has 5 unspecified atom stereocenters. The van der Waals surface area contributed by atoms with Crippen LogP contribution in [0.4, 0.5) is 0 Å². The number of ether oxygens (including phenoxy) is 1. The number of nitrogens with one attached hydrogen (secondary N) is 3. The van der Waals surface area contributed by atoms with Crippen LogP contribution < -0.4 is 21.7 Å². The maximum absolute atomic E-state index is 13.8. The van der Waals surface area contributed by atoms with Gasteiger partial charge >= 0.3 is 0 Å². The standard InChI is InChI=1S/C35H45N5O4.C5H11NO.2C2H6/c1-23-18-26-13-6-7-14-27(26)21-40(23)22-32(44-2)30(19-24-10-4-3-5-11-24)38-35(43)31(20-33(36)41)39-34(42)29-17-16-25-12-8-9-15-28(25)37-29;1-5(2,3)6-4-7;2*1-2/h3-5,8-12,15-17,23,26-27,30-32H,6-7,13-14,18-22H2,1-2H3,(H2,36,41)(H,38,43)(H,39,42);4H,1-3H3,(H,6,7);2*1-2H3/t23?,26?,27?,30?,31-,32?;;;/m0.../s1. The van der Waals surface area contributed by atoms with Crippen LogP contribution in [0.1, 0.15) is 110 Å². The van der Waals surface area contributed by atoms with E-state index in [1.54, 1.807) is 19.2 Å². The highest BCUT2D eigenvalue weighted by Gasteiger charge is 2.37. The molecule has 6 atom stereocenters. The number of carbonyl (C=O) groups excluding carboxylic acids is 4. The molecule has 0 bridgehead atoms. The van der Waals surface area contributed by atoms with E-state index in [4.69, 9.17) is 10.5 Å². The molecule has 2 fully saturated rings. The van der Waals surface area contributed by atoms with Crippen LogP contribution in [-0.4, -0.2) is 84.0 Å². The number of hydrogen-bond acceptors (Lipinski definition) is 7. The second kappa shape index (κ2) is 24.2. The minimum atomic E-state index is -1.17. The van der Waals surface area contributed by atoms with Crippen molar-refractivity contribution in [3.8, 4) is 0 Å². The van der Waals surface area contributed by atoms with Gasteiger partial charge in [-0.05, 0) is 76.5 Å². The summed E-state index contributed by atoms with van der Waals surface area (Å²) >= 11 is 0. The van der Waals surface area contributed by atoms with Crippen LogP contribution in [0.2, 0.25) is 0 Å². The van der Waals surface area contributed by atoms with Crippen molar-refractivity contribution in [1.82, 2.24) is 25.8 Å². The van der Waals surface area contributed by atoms with Crippen molar-refractivity contribution in [3.63, 3.8) is 0 Å². The van der Waals surface area contributed by atoms with E-state index >= 15 is 0 Å². The summed E-state index contributed by atoms with van der Waals surface area (Å²) in [5.74, 6) is -0.224. The van der Waals surface area contributed by atoms with Gasteiger partial charge in [-0.3, -0.25) is 24.1 Å². The van der Waals surface area contributed by atoms with Crippen LogP contribution in [0.25, 0.3) is 10.9 Å². The Morgan fingerprint density at radius 3 is 2.16 bits per heavy atom. The number of likely N-dealkylation sites (tertiary alicyclic amines) is 1. The van der Waals surface area contributed by atoms with Crippen molar-refractivity contribution in [1.29, 1.82) is 0 Å². The second-order valence-electron chi connectivity index (χ2n) is 15.0. The molecule has 1 aliphatic heterocycles. The number of pyridine rings is 1. The lowest BCUT2D eigenvalue weighted by Crippen LogP contribution is -2.58. The van der Waals surface area contributed by atoms with Gasteiger partial charge in [-0.2, -0.15) is 0 Å². The molecule has 11 nitrogen and oxygen atoms in total. The summed E-state index contributed by atoms with van der Waals surface area (Å²) in [4.78, 5) is 55.7. The fourth-order valence-corrected chi connectivity index (χ4v) is 7.19. The molecule has 5 rings (SSSR count). The number of aromatic nitrogens is 1. The van der Waals surface area contributed by atoms with Crippen LogP contribution in [0.3, 0.4) is 0 Å². The molecule has 3 aromatic rings. The maximum atomic E-state index is 13.8. The Labute approximate surface area is 329 Å². The lowest BCUT2D eigenvalue weighted by atomic mass is 9.73. The number of hydrogen-bond donors (Lipinski definition) is 4. The number of nitrogens with zero attached hydrogens (tertiary/aromatic N) is 2. The number of piperidine rings is 1. The number of nitrogens with two attached hydrogens (primary N) is 1. The first-order valence-electron chi connectivity index (χ1n) is 20.1. The summed E-state index contributed by atoms with van der Waals surface area (Å²) in [6.07, 6.45) is 7.00. The summed E-state index contributed by atoms with van der Waals surface area (Å²) in [7, 11) is 1.68. The van der Waals surface area contributed by atoms with Gasteiger partial charge in [0.25, 0.3) is 5.91 Å². The molecule has 0 spiro atoms. The molecule has 0 radical (unpaired) electrons. The number of rotatable bonds is 13. The normalized spacial score (nSPS) is 19.5. The van der Waals surface area contributed by atoms with Crippen molar-refractivity contribution in [3.05, 3.63) is 78.0 Å². The predicted molar refractivity (Wildman–Crippen MR) is 222 cm³/mol. The summed E-state index contributed by atoms with van der Waals surface area (Å²) in [5.41, 5.74) is 7.33. The first kappa shape index (κ1) is 46.8. The largest absolute Gasteiger partial charge is 0.378 e. The molecule has 4 amide bonds. The highest BCUT2D eigenvalue weighted by atomic mass is 16.5. The number of para-hydroxylation sites is 1. The van der Waals surface area contributed by atoms with Crippen LogP contribution in [-0.2, 0) is 25.5 Å². The van der Waals surface area contributed by atoms with Gasteiger partial charge in [0.15, 0.2) is 0 Å². The van der Waals surface area contributed by atoms with Gasteiger partial charge < -0.3 is 26.4 Å². The number of benzene rings is 2. The Morgan fingerprint density at radius 2 is 1.56 bits per heavy atom. The SMILES string of the molecule is CC.CC.CC(C)(C)NC=O.COC(CN1CC2CCCCC2CC1C)C(Cc1ccccc1)NC(=O)[C@H](CC(N)=O)NC(=O)c1ccc2ccccc2n1. The van der Waals surface area contributed by atoms with Gasteiger partial charge in [-0.25, -0.2) is 4.98 Å². The van der Waals surface area contributed by atoms with E-state index in [9.17, 15) is 19.2 Å². The molecular weight excluding hydrogens is 693 g/mol. The Balaban J connectivity index is 0.000000845. The fraction of sp³-hybridized carbons (Fsp3) is 0.568. The Bertz CT molecular complexity index is 1600. The Hall–Kier alpha value is -4.35. The third-order valence-electron chi connectivity index (χ3n) is 9.94. The van der Waals surface area contributed by atoms with Crippen molar-refractivity contribution in [2.45, 2.75) is 130 Å². The fourth-order valence-electron chi connectivity index (χ4n) is 7.19. The maximum Gasteiger partial charge on any atom is 0.270 e. The molecule has 2 aliphatic rings. The molecule has 2 aromatic carbocycles. The molecule has 11 heteroatoms. The first-order valence-corrected chi connectivity index (χ1v) is 20.1. The Kier molecular flexibility index (Phi) is 20.6. The summed E-state index contributed by atoms with van der Waals surface area (Å²) < 4.78 is 6.08. The molecule has 304 valence electrons. The highest BCUT2D eigenvalue weighted by Crippen LogP contribution is 2.38. The van der Waals surface area contributed by atoms with Crippen molar-refractivity contribution >= 4 is 35.0 Å². The zero-order valence-corrected chi connectivity index (χ0v) is 34.8. The molecule has 1 aliphatic carbocycles. The average molecular weight is 761 g/mol. The van der Waals surface area contributed by atoms with Crippen LogP contribution in [0, 0.1) is 11.8 Å². The van der Waals surface area contributed by atoms with Gasteiger partial charge in [0.2, 0.25) is 18.2 Å². The topological polar surface area (TPSA) is 156 Å². The second-order valence-corrected chi connectivity index (χ2v) is 15.0. The number of amides is 4. The molecule has 1 saturated carbocycles. The Morgan fingerprint density at radius 1 is 0.927 bits per heavy atom. The van der Waals surface area contributed by atoms with Crippen LogP contribution >= 0.6 is 0 Å². The van der Waals surface area contributed by atoms with Crippen LogP contribution in [0.5, 0.6) is 0 Å². The smallest absolute Gasteiger partial charge is 0.270 e. The molecule has 5 N–H and O–H groups in total. The van der Waals surface area contributed by atoms with Gasteiger partial charge in [-0.1, -0.05) is 102 Å².